The van der Waals surface area contributed by atoms with Crippen molar-refractivity contribution in [2.45, 2.75) is 27.7 Å². The average molecular weight is 641 g/mol. The summed E-state index contributed by atoms with van der Waals surface area (Å²) in [5, 5.41) is 3.25. The summed E-state index contributed by atoms with van der Waals surface area (Å²) in [6, 6.07) is 19.9. The molecule has 1 heterocycles. The Balaban J connectivity index is 1.61. The molecular formula is C36H44N6O5. The van der Waals surface area contributed by atoms with Crippen LogP contribution in [0.2, 0.25) is 0 Å². The Hall–Kier alpha value is -5.16. The number of benzene rings is 3. The van der Waals surface area contributed by atoms with E-state index in [1.54, 1.807) is 48.3 Å². The van der Waals surface area contributed by atoms with E-state index < -0.39 is 6.09 Å². The maximum absolute atomic E-state index is 13.4. The Bertz CT molecular complexity index is 1690. The summed E-state index contributed by atoms with van der Waals surface area (Å²) >= 11 is 0. The molecule has 4 rings (SSSR count). The highest BCUT2D eigenvalue weighted by molar-refractivity contribution is 5.94. The third-order valence-electron chi connectivity index (χ3n) is 8.16. The molecule has 0 unspecified atom stereocenters. The van der Waals surface area contributed by atoms with Gasteiger partial charge < -0.3 is 29.3 Å². The van der Waals surface area contributed by atoms with E-state index in [0.29, 0.717) is 40.8 Å². The SMILES string of the molecule is CCN(CC)CCN(C)C(=O)c1ccc(Nc2nc(-c3cccc(C)c3C)cc(N(C)C(=O)Oc3cc(OC)ccc3OC)n2)cc1. The predicted octanol–water partition coefficient (Wildman–Crippen LogP) is 6.57. The Morgan fingerprint density at radius 3 is 2.21 bits per heavy atom. The second-order valence-electron chi connectivity index (χ2n) is 11.1. The van der Waals surface area contributed by atoms with Crippen molar-refractivity contribution in [1.82, 2.24) is 19.8 Å². The number of rotatable bonds is 13. The lowest BCUT2D eigenvalue weighted by Gasteiger charge is -2.23. The fraction of sp³-hybridized carbons (Fsp3) is 0.333. The number of aryl methyl sites for hydroxylation is 1. The van der Waals surface area contributed by atoms with E-state index >= 15 is 0 Å². The highest BCUT2D eigenvalue weighted by atomic mass is 16.6. The first-order valence-corrected chi connectivity index (χ1v) is 15.6. The summed E-state index contributed by atoms with van der Waals surface area (Å²) in [5.74, 6) is 1.64. The second kappa shape index (κ2) is 15.9. The predicted molar refractivity (Wildman–Crippen MR) is 185 cm³/mol. The molecule has 0 radical (unpaired) electrons. The molecule has 2 amide bonds. The third-order valence-corrected chi connectivity index (χ3v) is 8.16. The van der Waals surface area contributed by atoms with Crippen molar-refractivity contribution in [1.29, 1.82) is 0 Å². The van der Waals surface area contributed by atoms with Crippen molar-refractivity contribution in [3.63, 3.8) is 0 Å². The molecule has 11 heteroatoms. The molecule has 0 saturated heterocycles. The topological polar surface area (TPSA) is 109 Å². The molecule has 1 N–H and O–H groups in total. The highest BCUT2D eigenvalue weighted by Gasteiger charge is 2.21. The van der Waals surface area contributed by atoms with Crippen molar-refractivity contribution in [3.8, 4) is 28.5 Å². The van der Waals surface area contributed by atoms with Gasteiger partial charge in [0.15, 0.2) is 11.5 Å². The average Bonchev–Trinajstić information content (AvgIpc) is 3.09. The smallest absolute Gasteiger partial charge is 0.420 e. The molecule has 0 bridgehead atoms. The summed E-state index contributed by atoms with van der Waals surface area (Å²) in [5.41, 5.74) is 4.96. The number of methoxy groups -OCH3 is 2. The quantitative estimate of drug-likeness (QED) is 0.174. The van der Waals surface area contributed by atoms with E-state index in [2.05, 4.69) is 29.0 Å². The summed E-state index contributed by atoms with van der Waals surface area (Å²) < 4.78 is 16.4. The molecule has 4 aromatic rings. The van der Waals surface area contributed by atoms with Gasteiger partial charge in [-0.15, -0.1) is 0 Å². The van der Waals surface area contributed by atoms with Crippen molar-refractivity contribution in [3.05, 3.63) is 83.4 Å². The number of carbonyl (C=O) groups is 2. The van der Waals surface area contributed by atoms with Gasteiger partial charge in [-0.25, -0.2) is 9.78 Å². The van der Waals surface area contributed by atoms with Crippen molar-refractivity contribution in [2.75, 3.05) is 64.7 Å². The number of carbonyl (C=O) groups excluding carboxylic acids is 2. The number of likely N-dealkylation sites (N-methyl/N-ethyl adjacent to an activating group) is 2. The summed E-state index contributed by atoms with van der Waals surface area (Å²) in [4.78, 5) is 41.2. The summed E-state index contributed by atoms with van der Waals surface area (Å²) in [6.45, 7) is 11.7. The molecule has 0 aliphatic heterocycles. The molecule has 248 valence electrons. The van der Waals surface area contributed by atoms with E-state index in [9.17, 15) is 9.59 Å². The molecule has 0 atom stereocenters. The lowest BCUT2D eigenvalue weighted by molar-refractivity contribution is 0.0779. The third kappa shape index (κ3) is 8.56. The first-order chi connectivity index (χ1) is 22.6. The van der Waals surface area contributed by atoms with Crippen molar-refractivity contribution >= 4 is 29.5 Å². The molecule has 0 aliphatic rings. The Labute approximate surface area is 277 Å². The summed E-state index contributed by atoms with van der Waals surface area (Å²) in [6.07, 6.45) is -0.680. The maximum atomic E-state index is 13.4. The minimum Gasteiger partial charge on any atom is -0.497 e. The number of nitrogens with one attached hydrogen (secondary N) is 1. The van der Waals surface area contributed by atoms with Crippen LogP contribution in [0.4, 0.5) is 22.2 Å². The van der Waals surface area contributed by atoms with Crippen LogP contribution in [0.15, 0.2) is 66.7 Å². The number of amides is 2. The fourth-order valence-corrected chi connectivity index (χ4v) is 4.93. The first kappa shape index (κ1) is 34.7. The van der Waals surface area contributed by atoms with Gasteiger partial charge in [-0.1, -0.05) is 32.0 Å². The molecule has 0 fully saturated rings. The highest BCUT2D eigenvalue weighted by Crippen LogP contribution is 2.33. The van der Waals surface area contributed by atoms with Crippen LogP contribution < -0.4 is 24.4 Å². The van der Waals surface area contributed by atoms with Gasteiger partial charge >= 0.3 is 6.09 Å². The molecule has 3 aromatic carbocycles. The molecule has 0 saturated carbocycles. The Morgan fingerprint density at radius 1 is 0.830 bits per heavy atom. The largest absolute Gasteiger partial charge is 0.497 e. The van der Waals surface area contributed by atoms with Crippen molar-refractivity contribution < 1.29 is 23.8 Å². The standard InChI is InChI=1S/C36H44N6O5/c1-9-42(10-2)21-20-40(5)34(43)26-14-16-27(17-15-26)37-35-38-30(29-13-11-12-24(3)25(29)4)23-33(39-35)41(6)36(44)47-32-22-28(45-7)18-19-31(32)46-8/h11-19,22-23H,9-10,20-21H2,1-8H3,(H,37,38,39). The van der Waals surface area contributed by atoms with Crippen LogP contribution in [0.1, 0.15) is 35.3 Å². The van der Waals surface area contributed by atoms with Gasteiger partial charge in [0, 0.05) is 56.1 Å². The van der Waals surface area contributed by atoms with Gasteiger partial charge in [-0.3, -0.25) is 9.69 Å². The second-order valence-corrected chi connectivity index (χ2v) is 11.1. The lowest BCUT2D eigenvalue weighted by Crippen LogP contribution is -2.36. The number of aromatic nitrogens is 2. The van der Waals surface area contributed by atoms with Gasteiger partial charge in [0.25, 0.3) is 5.91 Å². The minimum absolute atomic E-state index is 0.0491. The molecule has 11 nitrogen and oxygen atoms in total. The molecule has 47 heavy (non-hydrogen) atoms. The zero-order valence-corrected chi connectivity index (χ0v) is 28.5. The number of hydrogen-bond acceptors (Lipinski definition) is 9. The van der Waals surface area contributed by atoms with Crippen LogP contribution in [-0.2, 0) is 0 Å². The van der Waals surface area contributed by atoms with E-state index in [0.717, 1.165) is 36.3 Å². The fourth-order valence-electron chi connectivity index (χ4n) is 4.93. The van der Waals surface area contributed by atoms with Gasteiger partial charge in [0.1, 0.15) is 11.6 Å². The van der Waals surface area contributed by atoms with Gasteiger partial charge in [-0.05, 0) is 74.5 Å². The van der Waals surface area contributed by atoms with Gasteiger partial charge in [0.05, 0.1) is 19.9 Å². The molecule has 1 aromatic heterocycles. The maximum Gasteiger partial charge on any atom is 0.420 e. The molecular weight excluding hydrogens is 596 g/mol. The molecule has 0 aliphatic carbocycles. The van der Waals surface area contributed by atoms with Gasteiger partial charge in [-0.2, -0.15) is 4.98 Å². The van der Waals surface area contributed by atoms with E-state index in [1.165, 1.54) is 19.1 Å². The Morgan fingerprint density at radius 2 is 1.55 bits per heavy atom. The van der Waals surface area contributed by atoms with Gasteiger partial charge in [0.2, 0.25) is 5.95 Å². The van der Waals surface area contributed by atoms with Crippen molar-refractivity contribution in [2.24, 2.45) is 0 Å². The Kier molecular flexibility index (Phi) is 11.7. The van der Waals surface area contributed by atoms with E-state index in [4.69, 9.17) is 19.2 Å². The zero-order valence-electron chi connectivity index (χ0n) is 28.5. The van der Waals surface area contributed by atoms with E-state index in [-0.39, 0.29) is 17.6 Å². The number of ether oxygens (including phenoxy) is 3. The van der Waals surface area contributed by atoms with Crippen LogP contribution in [0.3, 0.4) is 0 Å². The van der Waals surface area contributed by atoms with Crippen LogP contribution in [0.25, 0.3) is 11.3 Å². The first-order valence-electron chi connectivity index (χ1n) is 15.6. The number of nitrogens with zero attached hydrogens (tertiary/aromatic N) is 5. The van der Waals surface area contributed by atoms with E-state index in [1.807, 2.05) is 51.2 Å². The van der Waals surface area contributed by atoms with Crippen LogP contribution in [-0.4, -0.2) is 86.3 Å². The monoisotopic (exact) mass is 640 g/mol. The van der Waals surface area contributed by atoms with Crippen LogP contribution >= 0.6 is 0 Å². The number of hydrogen-bond donors (Lipinski definition) is 1. The number of anilines is 3. The molecule has 0 spiro atoms. The summed E-state index contributed by atoms with van der Waals surface area (Å²) in [7, 11) is 6.42. The van der Waals surface area contributed by atoms with Crippen LogP contribution in [0, 0.1) is 13.8 Å². The zero-order chi connectivity index (χ0) is 34.1. The minimum atomic E-state index is -0.680. The normalized spacial score (nSPS) is 10.8. The lowest BCUT2D eigenvalue weighted by atomic mass is 10.0. The van der Waals surface area contributed by atoms with Crippen LogP contribution in [0.5, 0.6) is 17.2 Å².